The second kappa shape index (κ2) is 3.06. The predicted octanol–water partition coefficient (Wildman–Crippen LogP) is 1.88. The summed E-state index contributed by atoms with van der Waals surface area (Å²) >= 11 is 0. The van der Waals surface area contributed by atoms with E-state index in [9.17, 15) is 0 Å². The van der Waals surface area contributed by atoms with Crippen molar-refractivity contribution in [2.75, 3.05) is 13.1 Å². The van der Waals surface area contributed by atoms with Crippen molar-refractivity contribution in [1.82, 2.24) is 4.90 Å². The SMILES string of the molecule is CC(C)N1CC(C#N)(C(C)C)C1. The van der Waals surface area contributed by atoms with E-state index in [1.807, 2.05) is 0 Å². The van der Waals surface area contributed by atoms with Gasteiger partial charge in [-0.15, -0.1) is 0 Å². The van der Waals surface area contributed by atoms with Gasteiger partial charge in [-0.1, -0.05) is 13.8 Å². The number of hydrogen-bond acceptors (Lipinski definition) is 2. The summed E-state index contributed by atoms with van der Waals surface area (Å²) in [5.74, 6) is 0.484. The average molecular weight is 166 g/mol. The number of nitrogens with zero attached hydrogens (tertiary/aromatic N) is 2. The monoisotopic (exact) mass is 166 g/mol. The molecule has 0 aromatic heterocycles. The molecule has 12 heavy (non-hydrogen) atoms. The van der Waals surface area contributed by atoms with E-state index in [-0.39, 0.29) is 5.41 Å². The van der Waals surface area contributed by atoms with Crippen molar-refractivity contribution >= 4 is 0 Å². The van der Waals surface area contributed by atoms with Crippen LogP contribution < -0.4 is 0 Å². The molecule has 0 bridgehead atoms. The predicted molar refractivity (Wildman–Crippen MR) is 49.6 cm³/mol. The summed E-state index contributed by atoms with van der Waals surface area (Å²) in [5.41, 5.74) is -0.0513. The molecule has 0 atom stereocenters. The highest BCUT2D eigenvalue weighted by atomic mass is 15.2. The van der Waals surface area contributed by atoms with Crippen LogP contribution in [-0.2, 0) is 0 Å². The molecular weight excluding hydrogens is 148 g/mol. The first kappa shape index (κ1) is 9.54. The first-order valence-corrected chi connectivity index (χ1v) is 4.67. The molecule has 1 rings (SSSR count). The molecular formula is C10H18N2. The Bertz CT molecular complexity index is 194. The second-order valence-electron chi connectivity index (χ2n) is 4.42. The van der Waals surface area contributed by atoms with E-state index in [0.29, 0.717) is 12.0 Å². The van der Waals surface area contributed by atoms with Crippen molar-refractivity contribution in [2.45, 2.75) is 33.7 Å². The van der Waals surface area contributed by atoms with E-state index < -0.39 is 0 Å². The molecule has 1 fully saturated rings. The zero-order valence-electron chi connectivity index (χ0n) is 8.46. The molecule has 1 aliphatic heterocycles. The maximum Gasteiger partial charge on any atom is 0.0849 e. The molecule has 0 amide bonds. The van der Waals surface area contributed by atoms with Crippen LogP contribution >= 0.6 is 0 Å². The van der Waals surface area contributed by atoms with Gasteiger partial charge in [-0.05, 0) is 19.8 Å². The van der Waals surface area contributed by atoms with Crippen LogP contribution in [0.3, 0.4) is 0 Å². The molecule has 0 N–H and O–H groups in total. The molecule has 68 valence electrons. The van der Waals surface area contributed by atoms with Crippen molar-refractivity contribution in [3.63, 3.8) is 0 Å². The summed E-state index contributed by atoms with van der Waals surface area (Å²) in [4.78, 5) is 2.35. The van der Waals surface area contributed by atoms with E-state index in [1.54, 1.807) is 0 Å². The van der Waals surface area contributed by atoms with Crippen LogP contribution in [0.25, 0.3) is 0 Å². The summed E-state index contributed by atoms with van der Waals surface area (Å²) in [6.45, 7) is 10.6. The Kier molecular flexibility index (Phi) is 2.44. The molecule has 1 heterocycles. The lowest BCUT2D eigenvalue weighted by Crippen LogP contribution is -2.60. The lowest BCUT2D eigenvalue weighted by Gasteiger charge is -2.50. The zero-order chi connectivity index (χ0) is 9.35. The van der Waals surface area contributed by atoms with Crippen LogP contribution in [0.2, 0.25) is 0 Å². The van der Waals surface area contributed by atoms with E-state index in [1.165, 1.54) is 0 Å². The molecule has 2 nitrogen and oxygen atoms in total. The van der Waals surface area contributed by atoms with E-state index >= 15 is 0 Å². The third-order valence-corrected chi connectivity index (χ3v) is 3.03. The maximum atomic E-state index is 9.03. The fraction of sp³-hybridized carbons (Fsp3) is 0.900. The van der Waals surface area contributed by atoms with Crippen molar-refractivity contribution in [3.05, 3.63) is 0 Å². The highest BCUT2D eigenvalue weighted by Gasteiger charge is 2.46. The van der Waals surface area contributed by atoms with E-state index in [4.69, 9.17) is 5.26 Å². The van der Waals surface area contributed by atoms with Gasteiger partial charge in [0.2, 0.25) is 0 Å². The lowest BCUT2D eigenvalue weighted by atomic mass is 9.71. The average Bonchev–Trinajstić information content (AvgIpc) is 1.84. The zero-order valence-corrected chi connectivity index (χ0v) is 8.46. The fourth-order valence-electron chi connectivity index (χ4n) is 1.61. The van der Waals surface area contributed by atoms with Gasteiger partial charge >= 0.3 is 0 Å². The van der Waals surface area contributed by atoms with Crippen LogP contribution in [0.1, 0.15) is 27.7 Å². The van der Waals surface area contributed by atoms with E-state index in [2.05, 4.69) is 38.7 Å². The Labute approximate surface area is 75.2 Å². The first-order valence-electron chi connectivity index (χ1n) is 4.67. The number of nitriles is 1. The van der Waals surface area contributed by atoms with Crippen LogP contribution in [-0.4, -0.2) is 24.0 Å². The summed E-state index contributed by atoms with van der Waals surface area (Å²) in [6, 6.07) is 3.05. The standard InChI is InChI=1S/C10H18N2/c1-8(2)10(5-11)6-12(7-10)9(3)4/h8-9H,6-7H2,1-4H3. The molecule has 0 radical (unpaired) electrons. The Balaban J connectivity index is 2.54. The topological polar surface area (TPSA) is 27.0 Å². The Hall–Kier alpha value is -0.550. The number of rotatable bonds is 2. The van der Waals surface area contributed by atoms with Gasteiger partial charge in [0, 0.05) is 19.1 Å². The van der Waals surface area contributed by atoms with Crippen molar-refractivity contribution in [3.8, 4) is 6.07 Å². The van der Waals surface area contributed by atoms with Crippen molar-refractivity contribution < 1.29 is 0 Å². The molecule has 0 aromatic carbocycles. The number of likely N-dealkylation sites (tertiary alicyclic amines) is 1. The van der Waals surface area contributed by atoms with Crippen LogP contribution in [0.15, 0.2) is 0 Å². The molecule has 1 aliphatic rings. The fourth-order valence-corrected chi connectivity index (χ4v) is 1.61. The molecule has 2 heteroatoms. The smallest absolute Gasteiger partial charge is 0.0849 e. The summed E-state index contributed by atoms with van der Waals surface area (Å²) in [7, 11) is 0. The minimum atomic E-state index is -0.0513. The third kappa shape index (κ3) is 1.34. The Morgan fingerprint density at radius 3 is 2.00 bits per heavy atom. The maximum absolute atomic E-state index is 9.03. The second-order valence-corrected chi connectivity index (χ2v) is 4.42. The van der Waals surface area contributed by atoms with Gasteiger partial charge < -0.3 is 0 Å². The molecule has 0 aliphatic carbocycles. The van der Waals surface area contributed by atoms with E-state index in [0.717, 1.165) is 13.1 Å². The van der Waals surface area contributed by atoms with Gasteiger partial charge in [-0.25, -0.2) is 0 Å². The quantitative estimate of drug-likeness (QED) is 0.626. The normalized spacial score (nSPS) is 22.4. The van der Waals surface area contributed by atoms with Crippen molar-refractivity contribution in [1.29, 1.82) is 5.26 Å². The lowest BCUT2D eigenvalue weighted by molar-refractivity contribution is -0.0119. The highest BCUT2D eigenvalue weighted by Crippen LogP contribution is 2.37. The van der Waals surface area contributed by atoms with Gasteiger partial charge in [0.25, 0.3) is 0 Å². The molecule has 0 saturated carbocycles. The third-order valence-electron chi connectivity index (χ3n) is 3.03. The molecule has 0 spiro atoms. The minimum absolute atomic E-state index is 0.0513. The highest BCUT2D eigenvalue weighted by molar-refractivity contribution is 5.11. The number of hydrogen-bond donors (Lipinski definition) is 0. The molecule has 0 aromatic rings. The first-order chi connectivity index (χ1) is 5.52. The van der Waals surface area contributed by atoms with Gasteiger partial charge in [0.05, 0.1) is 11.5 Å². The van der Waals surface area contributed by atoms with Gasteiger partial charge in [0.15, 0.2) is 0 Å². The van der Waals surface area contributed by atoms with Gasteiger partial charge in [0.1, 0.15) is 0 Å². The Morgan fingerprint density at radius 1 is 1.25 bits per heavy atom. The van der Waals surface area contributed by atoms with Crippen LogP contribution in [0, 0.1) is 22.7 Å². The van der Waals surface area contributed by atoms with Gasteiger partial charge in [-0.3, -0.25) is 4.90 Å². The minimum Gasteiger partial charge on any atom is -0.298 e. The van der Waals surface area contributed by atoms with Gasteiger partial charge in [-0.2, -0.15) is 5.26 Å². The Morgan fingerprint density at radius 2 is 1.75 bits per heavy atom. The summed E-state index contributed by atoms with van der Waals surface area (Å²) < 4.78 is 0. The van der Waals surface area contributed by atoms with Crippen LogP contribution in [0.5, 0.6) is 0 Å². The molecule has 1 saturated heterocycles. The molecule has 0 unspecified atom stereocenters. The van der Waals surface area contributed by atoms with Crippen LogP contribution in [0.4, 0.5) is 0 Å². The summed E-state index contributed by atoms with van der Waals surface area (Å²) in [5, 5.41) is 9.03. The largest absolute Gasteiger partial charge is 0.298 e. The van der Waals surface area contributed by atoms with Crippen molar-refractivity contribution in [2.24, 2.45) is 11.3 Å². The summed E-state index contributed by atoms with van der Waals surface area (Å²) in [6.07, 6.45) is 0.